The molecule has 1 amide bonds. The summed E-state index contributed by atoms with van der Waals surface area (Å²) in [6.45, 7) is 6.85. The van der Waals surface area contributed by atoms with Crippen molar-refractivity contribution in [1.29, 1.82) is 0 Å². The first-order chi connectivity index (χ1) is 15.1. The molecule has 1 aliphatic heterocycles. The predicted molar refractivity (Wildman–Crippen MR) is 128 cm³/mol. The van der Waals surface area contributed by atoms with Crippen LogP contribution in [0, 0.1) is 5.92 Å². The number of nitrogens with zero attached hydrogens (tertiary/aromatic N) is 1. The van der Waals surface area contributed by atoms with E-state index in [-0.39, 0.29) is 50.5 Å². The van der Waals surface area contributed by atoms with E-state index >= 15 is 0 Å². The molecule has 2 rings (SSSR count). The number of rotatable bonds is 10. The largest absolute Gasteiger partial charge is 0.483 e. The number of allylic oxidation sites excluding steroid dienone is 1. The van der Waals surface area contributed by atoms with Gasteiger partial charge >= 0.3 is 5.97 Å². The van der Waals surface area contributed by atoms with Crippen molar-refractivity contribution in [3.05, 3.63) is 39.9 Å². The smallest absolute Gasteiger partial charge is 0.327 e. The Hall–Kier alpha value is -1.68. The van der Waals surface area contributed by atoms with Gasteiger partial charge in [0.2, 0.25) is 11.0 Å². The number of Topliss-reactive ketones (excluding diaryl/α,β-unsaturated/α-hetero) is 1. The van der Waals surface area contributed by atoms with Crippen LogP contribution in [0.2, 0.25) is 10.0 Å². The number of hydrogen-bond acceptors (Lipinski definition) is 7. The molecule has 2 atom stereocenters. The molecule has 0 spiro atoms. The molecule has 1 heterocycles. The second-order valence-corrected chi connectivity index (χ2v) is 9.89. The zero-order valence-electron chi connectivity index (χ0n) is 17.6. The number of benzene rings is 1. The molecule has 1 aromatic rings. The Balaban J connectivity index is 1.89. The molecule has 0 bridgehead atoms. The number of thioether (sulfide) groups is 2. The Morgan fingerprint density at radius 3 is 2.62 bits per heavy atom. The number of amides is 1. The first-order valence-corrected chi connectivity index (χ1v) is 12.6. The van der Waals surface area contributed by atoms with Gasteiger partial charge in [-0.1, -0.05) is 55.4 Å². The Kier molecular flexibility index (Phi) is 9.94. The van der Waals surface area contributed by atoms with Gasteiger partial charge in [-0.2, -0.15) is 0 Å². The molecule has 1 N–H and O–H groups in total. The summed E-state index contributed by atoms with van der Waals surface area (Å²) in [6, 6.07) is 2.10. The minimum Gasteiger partial charge on any atom is -0.483 e. The zero-order valence-corrected chi connectivity index (χ0v) is 20.7. The van der Waals surface area contributed by atoms with Crippen LogP contribution >= 0.6 is 46.7 Å². The van der Waals surface area contributed by atoms with Gasteiger partial charge in [0.15, 0.2) is 12.4 Å². The average molecular weight is 520 g/mol. The summed E-state index contributed by atoms with van der Waals surface area (Å²) in [6.07, 6.45) is 0.477. The van der Waals surface area contributed by atoms with E-state index in [1.165, 1.54) is 28.8 Å². The van der Waals surface area contributed by atoms with Crippen molar-refractivity contribution >= 4 is 69.5 Å². The molecule has 0 saturated carbocycles. The second-order valence-electron chi connectivity index (χ2n) is 7.06. The van der Waals surface area contributed by atoms with E-state index in [4.69, 9.17) is 27.9 Å². The monoisotopic (exact) mass is 519 g/mol. The number of ketones is 1. The van der Waals surface area contributed by atoms with E-state index in [1.807, 2.05) is 0 Å². The lowest BCUT2D eigenvalue weighted by Gasteiger charge is -2.23. The van der Waals surface area contributed by atoms with Gasteiger partial charge in [0, 0.05) is 23.0 Å². The van der Waals surface area contributed by atoms with Crippen LogP contribution in [0.4, 0.5) is 0 Å². The SMILES string of the molecule is C=C(CC)C(=O)c1ccc(OCC(=O)SC[C@@H](C)C(=O)N2CSC[C@H]2C(=O)O)c(Cl)c1Cl. The van der Waals surface area contributed by atoms with Crippen LogP contribution in [0.25, 0.3) is 0 Å². The highest BCUT2D eigenvalue weighted by atomic mass is 35.5. The summed E-state index contributed by atoms with van der Waals surface area (Å²) >= 11 is 14.7. The summed E-state index contributed by atoms with van der Waals surface area (Å²) in [5.74, 6) is -1.14. The molecule has 0 radical (unpaired) electrons. The third kappa shape index (κ3) is 6.43. The molecule has 7 nitrogen and oxygen atoms in total. The van der Waals surface area contributed by atoms with E-state index in [1.54, 1.807) is 13.8 Å². The molecule has 1 saturated heterocycles. The summed E-state index contributed by atoms with van der Waals surface area (Å²) in [4.78, 5) is 49.6. The van der Waals surface area contributed by atoms with Gasteiger partial charge < -0.3 is 14.7 Å². The Morgan fingerprint density at radius 2 is 2.00 bits per heavy atom. The van der Waals surface area contributed by atoms with Crippen LogP contribution in [0.5, 0.6) is 5.75 Å². The number of carboxylic acids is 1. The molecule has 174 valence electrons. The fourth-order valence-electron chi connectivity index (χ4n) is 2.78. The first kappa shape index (κ1) is 26.6. The van der Waals surface area contributed by atoms with Crippen LogP contribution < -0.4 is 4.74 Å². The van der Waals surface area contributed by atoms with Crippen molar-refractivity contribution in [2.24, 2.45) is 5.92 Å². The Bertz CT molecular complexity index is 939. The zero-order chi connectivity index (χ0) is 24.0. The van der Waals surface area contributed by atoms with Gasteiger partial charge in [-0.15, -0.1) is 11.8 Å². The maximum absolute atomic E-state index is 12.5. The lowest BCUT2D eigenvalue weighted by Crippen LogP contribution is -2.44. The van der Waals surface area contributed by atoms with Gasteiger partial charge in [-0.3, -0.25) is 14.4 Å². The van der Waals surface area contributed by atoms with Crippen LogP contribution in [0.1, 0.15) is 30.6 Å². The van der Waals surface area contributed by atoms with E-state index in [0.717, 1.165) is 11.8 Å². The third-order valence-electron chi connectivity index (χ3n) is 4.75. The van der Waals surface area contributed by atoms with Crippen LogP contribution in [0.15, 0.2) is 24.3 Å². The number of hydrogen-bond donors (Lipinski definition) is 1. The van der Waals surface area contributed by atoms with E-state index < -0.39 is 17.9 Å². The number of carbonyl (C=O) groups excluding carboxylic acids is 3. The van der Waals surface area contributed by atoms with Gasteiger partial charge in [0.25, 0.3) is 0 Å². The molecule has 0 aliphatic carbocycles. The highest BCUT2D eigenvalue weighted by Gasteiger charge is 2.36. The van der Waals surface area contributed by atoms with Crippen LogP contribution in [-0.2, 0) is 14.4 Å². The molecule has 11 heteroatoms. The lowest BCUT2D eigenvalue weighted by molar-refractivity contribution is -0.148. The fourth-order valence-corrected chi connectivity index (χ4v) is 5.12. The normalized spacial score (nSPS) is 16.5. The van der Waals surface area contributed by atoms with Crippen molar-refractivity contribution in [1.82, 2.24) is 4.90 Å². The average Bonchev–Trinajstić information content (AvgIpc) is 3.27. The highest BCUT2D eigenvalue weighted by molar-refractivity contribution is 8.13. The molecule has 32 heavy (non-hydrogen) atoms. The van der Waals surface area contributed by atoms with Gasteiger partial charge in [-0.25, -0.2) is 4.79 Å². The molecule has 0 unspecified atom stereocenters. The fraction of sp³-hybridized carbons (Fsp3) is 0.429. The number of aliphatic carboxylic acids is 1. The van der Waals surface area contributed by atoms with Crippen LogP contribution in [-0.4, -0.2) is 62.8 Å². The van der Waals surface area contributed by atoms with Crippen molar-refractivity contribution in [3.8, 4) is 5.75 Å². The van der Waals surface area contributed by atoms with Gasteiger partial charge in [0.1, 0.15) is 16.8 Å². The molecule has 1 aliphatic rings. The molecule has 0 aromatic heterocycles. The maximum Gasteiger partial charge on any atom is 0.327 e. The topological polar surface area (TPSA) is 101 Å². The number of halogens is 2. The summed E-state index contributed by atoms with van der Waals surface area (Å²) in [7, 11) is 0. The molecular weight excluding hydrogens is 497 g/mol. The number of carboxylic acid groups (broad SMARTS) is 1. The molecule has 1 aromatic carbocycles. The van der Waals surface area contributed by atoms with Crippen LogP contribution in [0.3, 0.4) is 0 Å². The van der Waals surface area contributed by atoms with E-state index in [9.17, 15) is 24.3 Å². The number of ether oxygens (including phenoxy) is 1. The summed E-state index contributed by atoms with van der Waals surface area (Å²) < 4.78 is 5.45. The predicted octanol–water partition coefficient (Wildman–Crippen LogP) is 4.40. The van der Waals surface area contributed by atoms with Crippen molar-refractivity contribution in [2.75, 3.05) is 24.0 Å². The second kappa shape index (κ2) is 12.0. The van der Waals surface area contributed by atoms with Crippen molar-refractivity contribution in [3.63, 3.8) is 0 Å². The number of carbonyl (C=O) groups is 4. The minimum atomic E-state index is -1.03. The quantitative estimate of drug-likeness (QED) is 0.358. The summed E-state index contributed by atoms with van der Waals surface area (Å²) in [5, 5.41) is 8.93. The standard InChI is InChI=1S/C21H23Cl2NO6S2/c1-4-11(2)19(26)13-5-6-15(18(23)17(13)22)30-7-16(25)32-8-12(3)20(27)24-10-31-9-14(24)21(28)29/h5-6,12,14H,2,4,7-10H2,1,3H3,(H,28,29)/t12-,14+/m1/s1. The molecular formula is C21H23Cl2NO6S2. The van der Waals surface area contributed by atoms with E-state index in [0.29, 0.717) is 23.6 Å². The van der Waals surface area contributed by atoms with Gasteiger partial charge in [-0.05, 0) is 24.1 Å². The molecule has 1 fully saturated rings. The Labute approximate surface area is 204 Å². The minimum absolute atomic E-state index is 0.0222. The van der Waals surface area contributed by atoms with Crippen molar-refractivity contribution < 1.29 is 29.0 Å². The van der Waals surface area contributed by atoms with Gasteiger partial charge in [0.05, 0.1) is 10.9 Å². The Morgan fingerprint density at radius 1 is 1.31 bits per heavy atom. The lowest BCUT2D eigenvalue weighted by atomic mass is 10.0. The third-order valence-corrected chi connectivity index (χ3v) is 7.73. The summed E-state index contributed by atoms with van der Waals surface area (Å²) in [5.41, 5.74) is 0.609. The van der Waals surface area contributed by atoms with E-state index in [2.05, 4.69) is 6.58 Å². The van der Waals surface area contributed by atoms with Crippen molar-refractivity contribution in [2.45, 2.75) is 26.3 Å². The maximum atomic E-state index is 12.5. The first-order valence-electron chi connectivity index (χ1n) is 9.68. The highest BCUT2D eigenvalue weighted by Crippen LogP contribution is 2.36.